The van der Waals surface area contributed by atoms with E-state index in [1.54, 1.807) is 0 Å². The van der Waals surface area contributed by atoms with Gasteiger partial charge in [0.25, 0.3) is 0 Å². The van der Waals surface area contributed by atoms with Crippen LogP contribution in [-0.4, -0.2) is 5.97 Å². The van der Waals surface area contributed by atoms with Gasteiger partial charge in [0.2, 0.25) is 0 Å². The average Bonchev–Trinajstić information content (AvgIpc) is 2.20. The van der Waals surface area contributed by atoms with E-state index in [2.05, 4.69) is 54.7 Å². The van der Waals surface area contributed by atoms with E-state index in [9.17, 15) is 4.79 Å². The van der Waals surface area contributed by atoms with Crippen LogP contribution in [0.5, 0.6) is 5.75 Å². The minimum atomic E-state index is -0.243. The van der Waals surface area contributed by atoms with E-state index in [4.69, 9.17) is 4.74 Å². The summed E-state index contributed by atoms with van der Waals surface area (Å²) in [5.41, 5.74) is 0. The number of esters is 1. The van der Waals surface area contributed by atoms with Crippen LogP contribution in [-0.2, 0) is 4.79 Å². The van der Waals surface area contributed by atoms with Crippen molar-refractivity contribution in [3.8, 4) is 5.75 Å². The highest BCUT2D eigenvalue weighted by molar-refractivity contribution is 9.11. The van der Waals surface area contributed by atoms with Crippen LogP contribution in [0, 0.1) is 6.92 Å². The van der Waals surface area contributed by atoms with Crippen LogP contribution in [0.3, 0.4) is 0 Å². The number of unbranched alkanes of at least 4 members (excludes halogenated alkanes) is 1. The lowest BCUT2D eigenvalue weighted by Gasteiger charge is -2.08. The van der Waals surface area contributed by atoms with Crippen molar-refractivity contribution in [3.63, 3.8) is 0 Å². The van der Waals surface area contributed by atoms with Crippen molar-refractivity contribution >= 4 is 53.8 Å². The van der Waals surface area contributed by atoms with Crippen molar-refractivity contribution < 1.29 is 9.53 Å². The van der Waals surface area contributed by atoms with Gasteiger partial charge in [-0.1, -0.05) is 29.3 Å². The third kappa shape index (κ3) is 4.18. The number of carbonyl (C=O) groups is 1. The SMILES string of the molecule is [CH2]CCCC(=O)Oc1c(Br)cc(Br)cc1Br. The molecule has 1 aromatic carbocycles. The lowest BCUT2D eigenvalue weighted by Crippen LogP contribution is -2.08. The van der Waals surface area contributed by atoms with Crippen LogP contribution >= 0.6 is 47.8 Å². The Morgan fingerprint density at radius 1 is 1.25 bits per heavy atom. The predicted molar refractivity (Wildman–Crippen MR) is 74.4 cm³/mol. The van der Waals surface area contributed by atoms with Crippen LogP contribution < -0.4 is 4.74 Å². The zero-order chi connectivity index (χ0) is 12.1. The van der Waals surface area contributed by atoms with Crippen LogP contribution in [0.15, 0.2) is 25.6 Å². The van der Waals surface area contributed by atoms with E-state index in [-0.39, 0.29) is 5.97 Å². The Kier molecular flexibility index (Phi) is 6.00. The Hall–Kier alpha value is 0.130. The van der Waals surface area contributed by atoms with Crippen LogP contribution in [0.4, 0.5) is 0 Å². The first-order valence-corrected chi connectivity index (χ1v) is 7.07. The second-order valence-electron chi connectivity index (χ2n) is 3.13. The summed E-state index contributed by atoms with van der Waals surface area (Å²) < 4.78 is 7.62. The summed E-state index contributed by atoms with van der Waals surface area (Å²) >= 11 is 10.0. The fourth-order valence-electron chi connectivity index (χ4n) is 1.06. The first kappa shape index (κ1) is 14.2. The van der Waals surface area contributed by atoms with Gasteiger partial charge in [-0.2, -0.15) is 0 Å². The zero-order valence-electron chi connectivity index (χ0n) is 8.43. The molecular weight excluding hydrogens is 404 g/mol. The van der Waals surface area contributed by atoms with Gasteiger partial charge < -0.3 is 4.74 Å². The van der Waals surface area contributed by atoms with Crippen molar-refractivity contribution in [3.05, 3.63) is 32.5 Å². The van der Waals surface area contributed by atoms with Gasteiger partial charge in [0.1, 0.15) is 0 Å². The van der Waals surface area contributed by atoms with Gasteiger partial charge in [0.15, 0.2) is 5.75 Å². The van der Waals surface area contributed by atoms with Gasteiger partial charge in [-0.15, -0.1) is 0 Å². The molecule has 0 bridgehead atoms. The molecule has 0 atom stereocenters. The molecule has 0 aliphatic heterocycles. The molecule has 0 spiro atoms. The van der Waals surface area contributed by atoms with Crippen LogP contribution in [0.25, 0.3) is 0 Å². The van der Waals surface area contributed by atoms with Gasteiger partial charge >= 0.3 is 5.97 Å². The highest BCUT2D eigenvalue weighted by Crippen LogP contribution is 2.36. The molecule has 0 aliphatic carbocycles. The van der Waals surface area contributed by atoms with E-state index in [1.165, 1.54) is 0 Å². The molecule has 1 aromatic rings. The summed E-state index contributed by atoms with van der Waals surface area (Å²) in [5.74, 6) is 0.268. The lowest BCUT2D eigenvalue weighted by atomic mass is 10.2. The lowest BCUT2D eigenvalue weighted by molar-refractivity contribution is -0.134. The highest BCUT2D eigenvalue weighted by Gasteiger charge is 2.12. The third-order valence-corrected chi connectivity index (χ3v) is 3.45. The minimum absolute atomic E-state index is 0.243. The maximum absolute atomic E-state index is 11.5. The largest absolute Gasteiger partial charge is 0.424 e. The molecule has 0 aromatic heterocycles. The second-order valence-corrected chi connectivity index (χ2v) is 5.75. The summed E-state index contributed by atoms with van der Waals surface area (Å²) in [4.78, 5) is 11.5. The quantitative estimate of drug-likeness (QED) is 0.519. The Labute approximate surface area is 120 Å². The Morgan fingerprint density at radius 2 is 1.81 bits per heavy atom. The molecule has 0 saturated carbocycles. The summed E-state index contributed by atoms with van der Waals surface area (Å²) in [7, 11) is 0. The summed E-state index contributed by atoms with van der Waals surface area (Å²) in [6.45, 7) is 3.68. The molecular formula is C11H10Br3O2. The topological polar surface area (TPSA) is 26.3 Å². The molecule has 1 rings (SSSR count). The molecule has 0 unspecified atom stereocenters. The molecule has 87 valence electrons. The van der Waals surface area contributed by atoms with Crippen molar-refractivity contribution in [1.29, 1.82) is 0 Å². The average molecular weight is 414 g/mol. The van der Waals surface area contributed by atoms with E-state index in [0.29, 0.717) is 12.2 Å². The normalized spacial score (nSPS) is 10.2. The molecule has 0 amide bonds. The summed E-state index contributed by atoms with van der Waals surface area (Å²) in [5, 5.41) is 0. The molecule has 0 aliphatic rings. The minimum Gasteiger partial charge on any atom is -0.424 e. The first-order valence-electron chi connectivity index (χ1n) is 4.69. The summed E-state index contributed by atoms with van der Waals surface area (Å²) in [6.07, 6.45) is 1.86. The maximum atomic E-state index is 11.5. The number of benzene rings is 1. The fraction of sp³-hybridized carbons (Fsp3) is 0.273. The van der Waals surface area contributed by atoms with Gasteiger partial charge in [-0.25, -0.2) is 0 Å². The third-order valence-electron chi connectivity index (χ3n) is 1.81. The Morgan fingerprint density at radius 3 is 2.31 bits per heavy atom. The molecule has 1 radical (unpaired) electrons. The number of carbonyl (C=O) groups excluding carboxylic acids is 1. The maximum Gasteiger partial charge on any atom is 0.311 e. The number of halogens is 3. The molecule has 0 fully saturated rings. The number of rotatable bonds is 4. The van der Waals surface area contributed by atoms with Crippen molar-refractivity contribution in [2.24, 2.45) is 0 Å². The van der Waals surface area contributed by atoms with Crippen LogP contribution in [0.1, 0.15) is 19.3 Å². The molecule has 16 heavy (non-hydrogen) atoms. The second kappa shape index (κ2) is 6.77. The smallest absolute Gasteiger partial charge is 0.311 e. The van der Waals surface area contributed by atoms with Crippen LogP contribution in [0.2, 0.25) is 0 Å². The number of hydrogen-bond donors (Lipinski definition) is 0. The van der Waals surface area contributed by atoms with Crippen molar-refractivity contribution in [2.75, 3.05) is 0 Å². The zero-order valence-corrected chi connectivity index (χ0v) is 13.2. The van der Waals surface area contributed by atoms with Crippen molar-refractivity contribution in [2.45, 2.75) is 19.3 Å². The molecule has 5 heteroatoms. The number of hydrogen-bond acceptors (Lipinski definition) is 2. The molecule has 2 nitrogen and oxygen atoms in total. The first-order chi connectivity index (χ1) is 7.54. The fourth-order valence-corrected chi connectivity index (χ4v) is 3.48. The molecule has 0 saturated heterocycles. The Balaban J connectivity index is 2.77. The van der Waals surface area contributed by atoms with Gasteiger partial charge in [0.05, 0.1) is 8.95 Å². The Bertz CT molecular complexity index is 368. The van der Waals surface area contributed by atoms with Gasteiger partial charge in [-0.3, -0.25) is 4.79 Å². The predicted octanol–water partition coefficient (Wildman–Crippen LogP) is 4.88. The van der Waals surface area contributed by atoms with E-state index in [1.807, 2.05) is 12.1 Å². The van der Waals surface area contributed by atoms with Gasteiger partial charge in [0, 0.05) is 10.9 Å². The van der Waals surface area contributed by atoms with Crippen molar-refractivity contribution in [1.82, 2.24) is 0 Å². The van der Waals surface area contributed by atoms with E-state index >= 15 is 0 Å². The van der Waals surface area contributed by atoms with E-state index in [0.717, 1.165) is 26.3 Å². The van der Waals surface area contributed by atoms with E-state index < -0.39 is 0 Å². The summed E-state index contributed by atoms with van der Waals surface area (Å²) in [6, 6.07) is 3.66. The monoisotopic (exact) mass is 411 g/mol. The number of ether oxygens (including phenoxy) is 1. The standard InChI is InChI=1S/C11H10Br3O2/c1-2-3-4-10(15)16-11-8(13)5-7(12)6-9(11)14/h5-6H,1-4H2. The molecule has 0 heterocycles. The molecule has 0 N–H and O–H groups in total. The van der Waals surface area contributed by atoms with Gasteiger partial charge in [-0.05, 0) is 50.4 Å². The highest BCUT2D eigenvalue weighted by atomic mass is 79.9.